The summed E-state index contributed by atoms with van der Waals surface area (Å²) in [6, 6.07) is 9.55. The molecule has 0 atom stereocenters. The second-order valence-corrected chi connectivity index (χ2v) is 4.27. The Balaban J connectivity index is 2.37. The van der Waals surface area contributed by atoms with E-state index in [1.807, 2.05) is 30.3 Å². The number of nitrogens with one attached hydrogen (secondary N) is 2. The third-order valence-electron chi connectivity index (χ3n) is 2.46. The van der Waals surface area contributed by atoms with Crippen LogP contribution in [0.4, 0.5) is 0 Å². The van der Waals surface area contributed by atoms with E-state index in [0.717, 1.165) is 5.56 Å². The molecule has 1 aromatic carbocycles. The molecule has 3 aromatic rings. The van der Waals surface area contributed by atoms with Crippen LogP contribution >= 0.6 is 15.9 Å². The standard InChI is InChI=1S/C11H7BrN4O/c12-11-13-9-7(10(17)14-11)8(15-16-9)6-4-2-1-3-5-6/h1-5H,(H2,13,14,15,16,17). The van der Waals surface area contributed by atoms with E-state index < -0.39 is 0 Å². The fourth-order valence-corrected chi connectivity index (χ4v) is 2.07. The molecule has 0 fully saturated rings. The molecule has 0 saturated heterocycles. The first kappa shape index (κ1) is 10.2. The van der Waals surface area contributed by atoms with E-state index in [4.69, 9.17) is 0 Å². The van der Waals surface area contributed by atoms with Crippen molar-refractivity contribution in [3.8, 4) is 11.3 Å². The van der Waals surface area contributed by atoms with E-state index in [9.17, 15) is 4.79 Å². The van der Waals surface area contributed by atoms with Gasteiger partial charge in [-0.3, -0.25) is 9.89 Å². The van der Waals surface area contributed by atoms with Gasteiger partial charge in [0.15, 0.2) is 10.4 Å². The molecule has 0 spiro atoms. The summed E-state index contributed by atoms with van der Waals surface area (Å²) >= 11 is 3.13. The molecular formula is C11H7BrN4O. The largest absolute Gasteiger partial charge is 0.300 e. The molecule has 5 nitrogen and oxygen atoms in total. The lowest BCUT2D eigenvalue weighted by Gasteiger charge is -1.96. The molecule has 17 heavy (non-hydrogen) atoms. The average Bonchev–Trinajstić information content (AvgIpc) is 2.74. The van der Waals surface area contributed by atoms with Crippen LogP contribution in [0.25, 0.3) is 22.3 Å². The van der Waals surface area contributed by atoms with Crippen molar-refractivity contribution in [2.45, 2.75) is 0 Å². The van der Waals surface area contributed by atoms with Crippen molar-refractivity contribution in [3.05, 3.63) is 45.4 Å². The molecule has 0 unspecified atom stereocenters. The van der Waals surface area contributed by atoms with Crippen molar-refractivity contribution in [2.24, 2.45) is 0 Å². The molecule has 0 aliphatic heterocycles. The molecule has 0 radical (unpaired) electrons. The molecule has 2 aromatic heterocycles. The van der Waals surface area contributed by atoms with Crippen LogP contribution in [0.5, 0.6) is 0 Å². The van der Waals surface area contributed by atoms with Crippen molar-refractivity contribution in [2.75, 3.05) is 0 Å². The Hall–Kier alpha value is -1.95. The number of halogens is 1. The van der Waals surface area contributed by atoms with Crippen LogP contribution in [0.15, 0.2) is 39.9 Å². The lowest BCUT2D eigenvalue weighted by molar-refractivity contribution is 1.07. The van der Waals surface area contributed by atoms with Crippen molar-refractivity contribution in [1.29, 1.82) is 0 Å². The van der Waals surface area contributed by atoms with Crippen LogP contribution in [0.2, 0.25) is 0 Å². The summed E-state index contributed by atoms with van der Waals surface area (Å²) < 4.78 is 0.376. The minimum atomic E-state index is -0.213. The Bertz CT molecular complexity index is 732. The molecule has 3 rings (SSSR count). The highest BCUT2D eigenvalue weighted by Crippen LogP contribution is 2.22. The summed E-state index contributed by atoms with van der Waals surface area (Å²) in [5.41, 5.74) is 1.78. The summed E-state index contributed by atoms with van der Waals surface area (Å²) in [5.74, 6) is 0. The number of nitrogens with zero attached hydrogens (tertiary/aromatic N) is 2. The zero-order chi connectivity index (χ0) is 11.8. The van der Waals surface area contributed by atoms with Crippen LogP contribution in [0, 0.1) is 0 Å². The third kappa shape index (κ3) is 1.66. The minimum Gasteiger partial charge on any atom is -0.300 e. The number of benzene rings is 1. The number of H-pyrrole nitrogens is 2. The predicted molar refractivity (Wildman–Crippen MR) is 67.6 cm³/mol. The van der Waals surface area contributed by atoms with Crippen LogP contribution in [0.1, 0.15) is 0 Å². The van der Waals surface area contributed by atoms with Gasteiger partial charge in [0, 0.05) is 5.56 Å². The molecule has 84 valence electrons. The van der Waals surface area contributed by atoms with Crippen molar-refractivity contribution >= 4 is 27.0 Å². The van der Waals surface area contributed by atoms with E-state index in [1.54, 1.807) is 0 Å². The Kier molecular flexibility index (Phi) is 2.29. The SMILES string of the molecule is O=c1[nH]c(Br)nc2n[nH]c(-c3ccccc3)c12. The lowest BCUT2D eigenvalue weighted by Crippen LogP contribution is -2.07. The zero-order valence-corrected chi connectivity index (χ0v) is 10.2. The third-order valence-corrected chi connectivity index (χ3v) is 2.83. The van der Waals surface area contributed by atoms with Gasteiger partial charge in [0.05, 0.1) is 5.69 Å². The summed E-state index contributed by atoms with van der Waals surface area (Å²) in [5, 5.41) is 7.35. The highest BCUT2D eigenvalue weighted by atomic mass is 79.9. The second-order valence-electron chi connectivity index (χ2n) is 3.52. The van der Waals surface area contributed by atoms with E-state index in [0.29, 0.717) is 21.5 Å². The van der Waals surface area contributed by atoms with Crippen LogP contribution in [-0.2, 0) is 0 Å². The molecule has 2 N–H and O–H groups in total. The van der Waals surface area contributed by atoms with Gasteiger partial charge in [0.25, 0.3) is 5.56 Å². The van der Waals surface area contributed by atoms with Gasteiger partial charge in [-0.2, -0.15) is 5.10 Å². The number of aromatic amines is 2. The number of hydrogen-bond acceptors (Lipinski definition) is 3. The van der Waals surface area contributed by atoms with Gasteiger partial charge in [-0.25, -0.2) is 4.98 Å². The number of aromatic nitrogens is 4. The summed E-state index contributed by atoms with van der Waals surface area (Å²) in [7, 11) is 0. The van der Waals surface area contributed by atoms with Gasteiger partial charge < -0.3 is 4.98 Å². The van der Waals surface area contributed by atoms with Crippen molar-refractivity contribution in [3.63, 3.8) is 0 Å². The van der Waals surface area contributed by atoms with Gasteiger partial charge in [0.2, 0.25) is 0 Å². The first-order valence-corrected chi connectivity index (χ1v) is 5.74. The second kappa shape index (κ2) is 3.81. The normalized spacial score (nSPS) is 10.9. The first-order valence-electron chi connectivity index (χ1n) is 4.95. The molecule has 0 aliphatic carbocycles. The molecule has 0 bridgehead atoms. The van der Waals surface area contributed by atoms with Gasteiger partial charge in [-0.1, -0.05) is 30.3 Å². The molecule has 2 heterocycles. The maximum absolute atomic E-state index is 11.9. The molecule has 0 aliphatic rings. The highest BCUT2D eigenvalue weighted by Gasteiger charge is 2.12. The highest BCUT2D eigenvalue weighted by molar-refractivity contribution is 9.10. The monoisotopic (exact) mass is 290 g/mol. The van der Waals surface area contributed by atoms with Gasteiger partial charge >= 0.3 is 0 Å². The lowest BCUT2D eigenvalue weighted by atomic mass is 10.1. The van der Waals surface area contributed by atoms with E-state index in [1.165, 1.54) is 0 Å². The maximum atomic E-state index is 11.9. The van der Waals surface area contributed by atoms with Gasteiger partial charge in [-0.05, 0) is 15.9 Å². The Morgan fingerprint density at radius 2 is 1.94 bits per heavy atom. The number of hydrogen-bond donors (Lipinski definition) is 2. The van der Waals surface area contributed by atoms with Crippen LogP contribution in [0.3, 0.4) is 0 Å². The molecule has 0 amide bonds. The Morgan fingerprint density at radius 3 is 2.71 bits per heavy atom. The maximum Gasteiger partial charge on any atom is 0.263 e. The summed E-state index contributed by atoms with van der Waals surface area (Å²) in [4.78, 5) is 18.6. The van der Waals surface area contributed by atoms with E-state index in [2.05, 4.69) is 36.1 Å². The molecule has 0 saturated carbocycles. The predicted octanol–water partition coefficient (Wildman–Crippen LogP) is 2.08. The number of fused-ring (bicyclic) bond motifs is 1. The van der Waals surface area contributed by atoms with Gasteiger partial charge in [0.1, 0.15) is 5.39 Å². The minimum absolute atomic E-state index is 0.213. The van der Waals surface area contributed by atoms with Crippen molar-refractivity contribution < 1.29 is 0 Å². The smallest absolute Gasteiger partial charge is 0.263 e. The fourth-order valence-electron chi connectivity index (χ4n) is 1.72. The fraction of sp³-hybridized carbons (Fsp3) is 0. The van der Waals surface area contributed by atoms with Crippen LogP contribution < -0.4 is 5.56 Å². The first-order chi connectivity index (χ1) is 8.25. The molecular weight excluding hydrogens is 284 g/mol. The van der Waals surface area contributed by atoms with E-state index in [-0.39, 0.29) is 5.56 Å². The average molecular weight is 291 g/mol. The van der Waals surface area contributed by atoms with E-state index >= 15 is 0 Å². The Labute approximate surface area is 104 Å². The molecule has 6 heteroatoms. The van der Waals surface area contributed by atoms with Gasteiger partial charge in [-0.15, -0.1) is 0 Å². The number of rotatable bonds is 1. The summed E-state index contributed by atoms with van der Waals surface area (Å²) in [6.45, 7) is 0. The summed E-state index contributed by atoms with van der Waals surface area (Å²) in [6.07, 6.45) is 0. The Morgan fingerprint density at radius 1 is 1.18 bits per heavy atom. The van der Waals surface area contributed by atoms with Crippen molar-refractivity contribution in [1.82, 2.24) is 20.2 Å². The quantitative estimate of drug-likeness (QED) is 0.674. The zero-order valence-electron chi connectivity index (χ0n) is 8.57. The van der Waals surface area contributed by atoms with Crippen LogP contribution in [-0.4, -0.2) is 20.2 Å². The topological polar surface area (TPSA) is 74.4 Å².